The van der Waals surface area contributed by atoms with Crippen molar-refractivity contribution in [2.45, 2.75) is 0 Å². The first-order valence-electron chi connectivity index (χ1n) is 10.1. The first-order valence-corrected chi connectivity index (χ1v) is 11.2. The Hall–Kier alpha value is -3.72. The molecule has 178 valence electrons. The van der Waals surface area contributed by atoms with Gasteiger partial charge in [-0.1, -0.05) is 40.9 Å². The van der Waals surface area contributed by atoms with Crippen LogP contribution in [-0.2, 0) is 9.59 Å². The van der Waals surface area contributed by atoms with E-state index in [-0.39, 0.29) is 5.69 Å². The molecule has 1 heterocycles. The number of hydrogen-bond donors (Lipinski definition) is 3. The van der Waals surface area contributed by atoms with Crippen LogP contribution in [0.4, 0.5) is 11.4 Å². The second-order valence-corrected chi connectivity index (χ2v) is 8.62. The minimum absolute atomic E-state index is 0.0425. The Morgan fingerprint density at radius 2 is 1.51 bits per heavy atom. The van der Waals surface area contributed by atoms with Gasteiger partial charge in [0, 0.05) is 37.9 Å². The highest BCUT2D eigenvalue weighted by Gasteiger charge is 2.21. The summed E-state index contributed by atoms with van der Waals surface area (Å²) in [5.74, 6) is -2.01. The zero-order chi connectivity index (χ0) is 25.1. The molecule has 4 rings (SSSR count). The van der Waals surface area contributed by atoms with E-state index in [2.05, 4.69) is 16.1 Å². The number of amides is 3. The van der Waals surface area contributed by atoms with E-state index in [0.29, 0.717) is 43.1 Å². The van der Waals surface area contributed by atoms with Gasteiger partial charge in [-0.25, -0.2) is 4.68 Å². The number of ether oxygens (including phenoxy) is 1. The lowest BCUT2D eigenvalue weighted by molar-refractivity contribution is -0.133. The number of carbonyl (C=O) groups is 3. The van der Waals surface area contributed by atoms with Crippen molar-refractivity contribution in [3.05, 3.63) is 87.5 Å². The van der Waals surface area contributed by atoms with Gasteiger partial charge in [0.1, 0.15) is 11.4 Å². The topological polar surface area (TPSA) is 101 Å². The Labute approximate surface area is 214 Å². The fourth-order valence-electron chi connectivity index (χ4n) is 3.34. The van der Waals surface area contributed by atoms with Gasteiger partial charge in [-0.05, 0) is 54.6 Å². The van der Waals surface area contributed by atoms with Gasteiger partial charge < -0.3 is 15.4 Å². The first-order chi connectivity index (χ1) is 16.7. The molecule has 1 aromatic heterocycles. The Morgan fingerprint density at radius 1 is 0.771 bits per heavy atom. The zero-order valence-electron chi connectivity index (χ0n) is 18.1. The number of nitrogens with zero attached hydrogens (tertiary/aromatic N) is 1. The van der Waals surface area contributed by atoms with Crippen LogP contribution in [0.5, 0.6) is 5.75 Å². The molecule has 0 aliphatic carbocycles. The van der Waals surface area contributed by atoms with Crippen molar-refractivity contribution < 1.29 is 19.1 Å². The maximum Gasteiger partial charge on any atom is 0.328 e. The summed E-state index contributed by atoms with van der Waals surface area (Å²) >= 11 is 18.1. The Balaban J connectivity index is 1.62. The second kappa shape index (κ2) is 10.3. The molecule has 0 aliphatic rings. The molecule has 0 fully saturated rings. The summed E-state index contributed by atoms with van der Waals surface area (Å²) in [6, 6.07) is 17.5. The fraction of sp³-hybridized carbons (Fsp3) is 0.0417. The van der Waals surface area contributed by atoms with E-state index < -0.39 is 17.7 Å². The molecular weight excluding hydrogens is 515 g/mol. The van der Waals surface area contributed by atoms with Gasteiger partial charge in [0.25, 0.3) is 5.91 Å². The number of anilines is 2. The quantitative estimate of drug-likeness (QED) is 0.293. The molecule has 0 unspecified atom stereocenters. The van der Waals surface area contributed by atoms with Crippen molar-refractivity contribution in [1.29, 1.82) is 0 Å². The molecule has 0 saturated heterocycles. The second-order valence-electron chi connectivity index (χ2n) is 7.31. The van der Waals surface area contributed by atoms with E-state index in [4.69, 9.17) is 39.5 Å². The molecule has 0 bridgehead atoms. The monoisotopic (exact) mass is 530 g/mol. The van der Waals surface area contributed by atoms with Crippen LogP contribution in [0.1, 0.15) is 10.5 Å². The van der Waals surface area contributed by atoms with Crippen LogP contribution in [-0.4, -0.2) is 29.5 Å². The number of halogens is 3. The molecule has 8 nitrogen and oxygen atoms in total. The van der Waals surface area contributed by atoms with E-state index in [1.54, 1.807) is 42.5 Å². The molecule has 4 aromatic rings. The van der Waals surface area contributed by atoms with Crippen LogP contribution >= 0.6 is 34.8 Å². The highest BCUT2D eigenvalue weighted by Crippen LogP contribution is 2.26. The minimum Gasteiger partial charge on any atom is -0.497 e. The number of aromatic nitrogens is 1. The van der Waals surface area contributed by atoms with Gasteiger partial charge >= 0.3 is 11.8 Å². The third-order valence-corrected chi connectivity index (χ3v) is 5.54. The van der Waals surface area contributed by atoms with Crippen LogP contribution in [0.25, 0.3) is 10.9 Å². The Kier molecular flexibility index (Phi) is 7.16. The largest absolute Gasteiger partial charge is 0.497 e. The summed E-state index contributed by atoms with van der Waals surface area (Å²) in [5.41, 5.74) is 3.68. The highest BCUT2D eigenvalue weighted by molar-refractivity contribution is 6.42. The lowest BCUT2D eigenvalue weighted by Crippen LogP contribution is -2.36. The Bertz CT molecular complexity index is 1450. The molecule has 0 atom stereocenters. The standard InChI is InChI=1S/C24H17Cl3N4O4/c1-35-19-4-2-3-17(12-19)28-23(33)24(34)30-31-20-6-5-14(25)7-13(20)8-21(31)22(32)29-18-10-15(26)9-16(27)11-18/h2-12H,1H3,(H,28,33)(H,29,32)(H,30,34). The molecule has 0 saturated carbocycles. The van der Waals surface area contributed by atoms with E-state index in [1.807, 2.05) is 0 Å². The molecule has 0 radical (unpaired) electrons. The number of nitrogens with one attached hydrogen (secondary N) is 3. The van der Waals surface area contributed by atoms with Gasteiger partial charge in [0.2, 0.25) is 0 Å². The van der Waals surface area contributed by atoms with E-state index >= 15 is 0 Å². The summed E-state index contributed by atoms with van der Waals surface area (Å²) in [6.45, 7) is 0. The predicted octanol–water partition coefficient (Wildman–Crippen LogP) is 5.57. The molecule has 35 heavy (non-hydrogen) atoms. The van der Waals surface area contributed by atoms with Crippen LogP contribution < -0.4 is 20.8 Å². The van der Waals surface area contributed by atoms with Crippen molar-refractivity contribution in [2.75, 3.05) is 23.2 Å². The van der Waals surface area contributed by atoms with Gasteiger partial charge in [0.15, 0.2) is 0 Å². The number of fused-ring (bicyclic) bond motifs is 1. The molecule has 0 spiro atoms. The minimum atomic E-state index is -1.000. The van der Waals surface area contributed by atoms with Crippen LogP contribution in [0, 0.1) is 0 Å². The third kappa shape index (κ3) is 5.68. The average molecular weight is 532 g/mol. The van der Waals surface area contributed by atoms with E-state index in [0.717, 1.165) is 0 Å². The van der Waals surface area contributed by atoms with Crippen LogP contribution in [0.3, 0.4) is 0 Å². The third-order valence-electron chi connectivity index (χ3n) is 4.86. The van der Waals surface area contributed by atoms with Gasteiger partial charge in [-0.15, -0.1) is 0 Å². The molecule has 3 amide bonds. The lowest BCUT2D eigenvalue weighted by atomic mass is 10.2. The zero-order valence-corrected chi connectivity index (χ0v) is 20.3. The lowest BCUT2D eigenvalue weighted by Gasteiger charge is -2.13. The number of methoxy groups -OCH3 is 1. The van der Waals surface area contributed by atoms with Crippen molar-refractivity contribution in [3.8, 4) is 5.75 Å². The van der Waals surface area contributed by atoms with Crippen LogP contribution in [0.15, 0.2) is 66.7 Å². The molecule has 3 aromatic carbocycles. The summed E-state index contributed by atoms with van der Waals surface area (Å²) in [6.07, 6.45) is 0. The number of hydrogen-bond acceptors (Lipinski definition) is 4. The molecule has 11 heteroatoms. The summed E-state index contributed by atoms with van der Waals surface area (Å²) in [4.78, 5) is 38.4. The normalized spacial score (nSPS) is 10.6. The summed E-state index contributed by atoms with van der Waals surface area (Å²) in [7, 11) is 1.49. The smallest absolute Gasteiger partial charge is 0.328 e. The predicted molar refractivity (Wildman–Crippen MR) is 137 cm³/mol. The maximum absolute atomic E-state index is 13.1. The summed E-state index contributed by atoms with van der Waals surface area (Å²) in [5, 5.41) is 6.85. The van der Waals surface area contributed by atoms with Crippen molar-refractivity contribution in [2.24, 2.45) is 0 Å². The highest BCUT2D eigenvalue weighted by atomic mass is 35.5. The molecule has 0 aliphatic heterocycles. The number of carbonyl (C=O) groups excluding carboxylic acids is 3. The molecular formula is C24H17Cl3N4O4. The van der Waals surface area contributed by atoms with E-state index in [1.165, 1.54) is 36.1 Å². The van der Waals surface area contributed by atoms with E-state index in [9.17, 15) is 14.4 Å². The van der Waals surface area contributed by atoms with Gasteiger partial charge in [-0.3, -0.25) is 19.8 Å². The molecule has 3 N–H and O–H groups in total. The fourth-order valence-corrected chi connectivity index (χ4v) is 4.04. The maximum atomic E-state index is 13.1. The summed E-state index contributed by atoms with van der Waals surface area (Å²) < 4.78 is 6.33. The van der Waals surface area contributed by atoms with Crippen molar-refractivity contribution in [3.63, 3.8) is 0 Å². The van der Waals surface area contributed by atoms with Crippen LogP contribution in [0.2, 0.25) is 15.1 Å². The van der Waals surface area contributed by atoms with Gasteiger partial charge in [0.05, 0.1) is 12.6 Å². The van der Waals surface area contributed by atoms with Crippen molar-refractivity contribution in [1.82, 2.24) is 4.68 Å². The van der Waals surface area contributed by atoms with Gasteiger partial charge in [-0.2, -0.15) is 0 Å². The first kappa shape index (κ1) is 24.4. The number of rotatable bonds is 5. The Morgan fingerprint density at radius 3 is 2.23 bits per heavy atom. The average Bonchev–Trinajstić information content (AvgIpc) is 3.15. The van der Waals surface area contributed by atoms with Crippen molar-refractivity contribution >= 4 is 74.8 Å². The number of benzene rings is 3. The SMILES string of the molecule is COc1cccc(NC(=O)C(=O)Nn2c(C(=O)Nc3cc(Cl)cc(Cl)c3)cc3cc(Cl)ccc32)c1.